The first-order valence-electron chi connectivity index (χ1n) is 5.03. The number of anilines is 1. The van der Waals surface area contributed by atoms with Gasteiger partial charge in [0.25, 0.3) is 0 Å². The number of nitrogens with zero attached hydrogens (tertiary/aromatic N) is 2. The zero-order chi connectivity index (χ0) is 10.2. The maximum atomic E-state index is 9.58. The molecule has 0 spiro atoms. The Kier molecular flexibility index (Phi) is 2.19. The molecule has 0 unspecified atom stereocenters. The van der Waals surface area contributed by atoms with Gasteiger partial charge >= 0.3 is 0 Å². The SMILES string of the molecule is CCc1ccc(N2CC(C)(O)C2)nc1. The lowest BCUT2D eigenvalue weighted by atomic mass is 9.97. The van der Waals surface area contributed by atoms with Gasteiger partial charge in [-0.05, 0) is 25.0 Å². The molecule has 3 heteroatoms. The summed E-state index contributed by atoms with van der Waals surface area (Å²) in [5.41, 5.74) is 0.728. The molecular formula is C11H16N2O. The number of pyridine rings is 1. The van der Waals surface area contributed by atoms with Crippen LogP contribution in [-0.4, -0.2) is 28.8 Å². The fraction of sp³-hybridized carbons (Fsp3) is 0.545. The third-order valence-electron chi connectivity index (χ3n) is 2.60. The molecule has 0 aliphatic carbocycles. The van der Waals surface area contributed by atoms with E-state index in [0.717, 1.165) is 12.2 Å². The quantitative estimate of drug-likeness (QED) is 0.765. The van der Waals surface area contributed by atoms with Crippen molar-refractivity contribution in [3.8, 4) is 0 Å². The van der Waals surface area contributed by atoms with Gasteiger partial charge in [0.15, 0.2) is 0 Å². The lowest BCUT2D eigenvalue weighted by Gasteiger charge is -2.44. The molecular weight excluding hydrogens is 176 g/mol. The van der Waals surface area contributed by atoms with Gasteiger partial charge in [0.2, 0.25) is 0 Å². The van der Waals surface area contributed by atoms with E-state index >= 15 is 0 Å². The van der Waals surface area contributed by atoms with E-state index < -0.39 is 5.60 Å². The van der Waals surface area contributed by atoms with Crippen LogP contribution < -0.4 is 4.90 Å². The van der Waals surface area contributed by atoms with Crippen LogP contribution in [0.1, 0.15) is 19.4 Å². The summed E-state index contributed by atoms with van der Waals surface area (Å²) in [7, 11) is 0. The molecule has 1 aromatic heterocycles. The van der Waals surface area contributed by atoms with Crippen LogP contribution in [0.25, 0.3) is 0 Å². The molecule has 2 heterocycles. The topological polar surface area (TPSA) is 36.4 Å². The second-order valence-corrected chi connectivity index (χ2v) is 4.23. The van der Waals surface area contributed by atoms with Crippen molar-refractivity contribution in [1.82, 2.24) is 4.98 Å². The molecule has 1 N–H and O–H groups in total. The van der Waals surface area contributed by atoms with E-state index in [-0.39, 0.29) is 0 Å². The first kappa shape index (κ1) is 9.46. The van der Waals surface area contributed by atoms with Crippen molar-refractivity contribution in [3.05, 3.63) is 23.9 Å². The fourth-order valence-corrected chi connectivity index (χ4v) is 1.75. The highest BCUT2D eigenvalue weighted by molar-refractivity contribution is 5.44. The zero-order valence-electron chi connectivity index (χ0n) is 8.70. The highest BCUT2D eigenvalue weighted by Crippen LogP contribution is 2.25. The van der Waals surface area contributed by atoms with E-state index in [4.69, 9.17) is 0 Å². The van der Waals surface area contributed by atoms with Crippen molar-refractivity contribution in [2.75, 3.05) is 18.0 Å². The standard InChI is InChI=1S/C11H16N2O/c1-3-9-4-5-10(12-6-9)13-7-11(2,14)8-13/h4-6,14H,3,7-8H2,1-2H3. The Labute approximate surface area is 84.4 Å². The second kappa shape index (κ2) is 3.24. The molecule has 0 radical (unpaired) electrons. The predicted octanol–water partition coefficient (Wildman–Crippen LogP) is 1.21. The number of aromatic nitrogens is 1. The molecule has 0 bridgehead atoms. The highest BCUT2D eigenvalue weighted by atomic mass is 16.3. The summed E-state index contributed by atoms with van der Waals surface area (Å²) in [6.45, 7) is 5.34. The average molecular weight is 192 g/mol. The van der Waals surface area contributed by atoms with Gasteiger partial charge in [-0.1, -0.05) is 13.0 Å². The van der Waals surface area contributed by atoms with E-state index in [0.29, 0.717) is 13.1 Å². The average Bonchev–Trinajstić information content (AvgIpc) is 2.14. The normalized spacial score (nSPS) is 19.2. The van der Waals surface area contributed by atoms with E-state index in [1.54, 1.807) is 0 Å². The Morgan fingerprint density at radius 1 is 1.50 bits per heavy atom. The fourth-order valence-electron chi connectivity index (χ4n) is 1.75. The third kappa shape index (κ3) is 1.73. The smallest absolute Gasteiger partial charge is 0.128 e. The van der Waals surface area contributed by atoms with Crippen LogP contribution in [0.3, 0.4) is 0 Å². The van der Waals surface area contributed by atoms with Gasteiger partial charge in [-0.3, -0.25) is 0 Å². The van der Waals surface area contributed by atoms with Crippen LogP contribution >= 0.6 is 0 Å². The minimum absolute atomic E-state index is 0.523. The maximum Gasteiger partial charge on any atom is 0.128 e. The number of β-amino-alcohol motifs (C(OH)–C–C–N with tert-alkyl or cyclic N) is 1. The predicted molar refractivity (Wildman–Crippen MR) is 56.5 cm³/mol. The van der Waals surface area contributed by atoms with Crippen LogP contribution in [0.15, 0.2) is 18.3 Å². The number of aryl methyl sites for hydroxylation is 1. The van der Waals surface area contributed by atoms with Crippen molar-refractivity contribution in [3.63, 3.8) is 0 Å². The van der Waals surface area contributed by atoms with E-state index in [9.17, 15) is 5.11 Å². The van der Waals surface area contributed by atoms with Crippen LogP contribution in [0, 0.1) is 0 Å². The van der Waals surface area contributed by atoms with Gasteiger partial charge in [-0.2, -0.15) is 0 Å². The minimum atomic E-state index is -0.523. The molecule has 3 nitrogen and oxygen atoms in total. The van der Waals surface area contributed by atoms with Crippen LogP contribution in [0.4, 0.5) is 5.82 Å². The molecule has 0 saturated carbocycles. The summed E-state index contributed by atoms with van der Waals surface area (Å²) >= 11 is 0. The van der Waals surface area contributed by atoms with Crippen molar-refractivity contribution in [2.24, 2.45) is 0 Å². The molecule has 1 aliphatic heterocycles. The summed E-state index contributed by atoms with van der Waals surface area (Å²) in [4.78, 5) is 6.43. The molecule has 1 saturated heterocycles. The van der Waals surface area contributed by atoms with Gasteiger partial charge in [0.1, 0.15) is 5.82 Å². The molecule has 1 aromatic rings. The van der Waals surface area contributed by atoms with Crippen LogP contribution in [-0.2, 0) is 6.42 Å². The highest BCUT2D eigenvalue weighted by Gasteiger charge is 2.36. The minimum Gasteiger partial charge on any atom is -0.386 e. The van der Waals surface area contributed by atoms with Crippen molar-refractivity contribution in [1.29, 1.82) is 0 Å². The van der Waals surface area contributed by atoms with E-state index in [2.05, 4.69) is 22.9 Å². The van der Waals surface area contributed by atoms with Gasteiger partial charge in [-0.25, -0.2) is 4.98 Å². The summed E-state index contributed by atoms with van der Waals surface area (Å²) < 4.78 is 0. The van der Waals surface area contributed by atoms with E-state index in [1.165, 1.54) is 5.56 Å². The monoisotopic (exact) mass is 192 g/mol. The Hall–Kier alpha value is -1.09. The van der Waals surface area contributed by atoms with Gasteiger partial charge in [0, 0.05) is 19.3 Å². The molecule has 14 heavy (non-hydrogen) atoms. The number of aliphatic hydroxyl groups is 1. The lowest BCUT2D eigenvalue weighted by molar-refractivity contribution is 0.0305. The third-order valence-corrected chi connectivity index (χ3v) is 2.60. The van der Waals surface area contributed by atoms with E-state index in [1.807, 2.05) is 19.2 Å². The second-order valence-electron chi connectivity index (χ2n) is 4.23. The maximum absolute atomic E-state index is 9.58. The Morgan fingerprint density at radius 3 is 2.64 bits per heavy atom. The number of hydrogen-bond acceptors (Lipinski definition) is 3. The van der Waals surface area contributed by atoms with Crippen molar-refractivity contribution in [2.45, 2.75) is 25.9 Å². The van der Waals surface area contributed by atoms with Crippen LogP contribution in [0.5, 0.6) is 0 Å². The summed E-state index contributed by atoms with van der Waals surface area (Å²) in [5, 5.41) is 9.58. The number of hydrogen-bond donors (Lipinski definition) is 1. The van der Waals surface area contributed by atoms with Gasteiger partial charge < -0.3 is 10.0 Å². The Balaban J connectivity index is 2.05. The molecule has 1 aliphatic rings. The number of rotatable bonds is 2. The molecule has 76 valence electrons. The molecule has 1 fully saturated rings. The Morgan fingerprint density at radius 2 is 2.21 bits per heavy atom. The van der Waals surface area contributed by atoms with Crippen molar-refractivity contribution < 1.29 is 5.11 Å². The molecule has 0 aromatic carbocycles. The van der Waals surface area contributed by atoms with Crippen molar-refractivity contribution >= 4 is 5.82 Å². The van der Waals surface area contributed by atoms with Crippen LogP contribution in [0.2, 0.25) is 0 Å². The first-order chi connectivity index (χ1) is 6.61. The molecule has 0 atom stereocenters. The zero-order valence-corrected chi connectivity index (χ0v) is 8.70. The summed E-state index contributed by atoms with van der Waals surface area (Å²) in [6, 6.07) is 4.11. The largest absolute Gasteiger partial charge is 0.386 e. The van der Waals surface area contributed by atoms with Gasteiger partial charge in [-0.15, -0.1) is 0 Å². The first-order valence-corrected chi connectivity index (χ1v) is 5.03. The Bertz CT molecular complexity index is 311. The molecule has 2 rings (SSSR count). The summed E-state index contributed by atoms with van der Waals surface area (Å²) in [5.74, 6) is 0.966. The van der Waals surface area contributed by atoms with Gasteiger partial charge in [0.05, 0.1) is 5.60 Å². The molecule has 0 amide bonds. The summed E-state index contributed by atoms with van der Waals surface area (Å²) in [6.07, 6.45) is 2.92. The lowest BCUT2D eigenvalue weighted by Crippen LogP contribution is -2.60.